The maximum Gasteiger partial charge on any atom is 0.165 e. The summed E-state index contributed by atoms with van der Waals surface area (Å²) in [6.07, 6.45) is 0. The van der Waals surface area contributed by atoms with Gasteiger partial charge in [-0.2, -0.15) is 0 Å². The molecular weight excluding hydrogens is 229 g/mol. The molecule has 1 aromatic carbocycles. The van der Waals surface area contributed by atoms with E-state index in [4.69, 9.17) is 10.3 Å². The minimum Gasteiger partial charge on any atom is -0.505 e. The van der Waals surface area contributed by atoms with Crippen LogP contribution in [0.1, 0.15) is 5.56 Å². The Bertz CT molecular complexity index is 293. The van der Waals surface area contributed by atoms with Crippen molar-refractivity contribution in [3.63, 3.8) is 0 Å². The fraction of sp³-hybridized carbons (Fsp3) is 0.143. The normalized spacial score (nSPS) is 10.2. The molecule has 0 aromatic heterocycles. The standard InChI is InChI=1S/C7H7BrFNO2/c8-5-1-2-6(9)7(11)4(5)3-10-12/h1-2,10-12H,3H2. The van der Waals surface area contributed by atoms with Crippen LogP contribution >= 0.6 is 15.9 Å². The molecule has 1 aromatic rings. The predicted molar refractivity (Wildman–Crippen MR) is 44.4 cm³/mol. The summed E-state index contributed by atoms with van der Waals surface area (Å²) in [5.41, 5.74) is 2.13. The average Bonchev–Trinajstić information content (AvgIpc) is 2.06. The summed E-state index contributed by atoms with van der Waals surface area (Å²) in [5.74, 6) is -1.16. The minimum absolute atomic E-state index is 0.00975. The molecule has 1 rings (SSSR count). The van der Waals surface area contributed by atoms with Crippen molar-refractivity contribution in [2.75, 3.05) is 0 Å². The lowest BCUT2D eigenvalue weighted by Crippen LogP contribution is -2.07. The summed E-state index contributed by atoms with van der Waals surface area (Å²) in [6, 6.07) is 2.60. The van der Waals surface area contributed by atoms with Gasteiger partial charge in [0, 0.05) is 10.0 Å². The van der Waals surface area contributed by atoms with Crippen LogP contribution in [0.4, 0.5) is 4.39 Å². The van der Waals surface area contributed by atoms with E-state index in [2.05, 4.69) is 15.9 Å². The van der Waals surface area contributed by atoms with Gasteiger partial charge in [-0.05, 0) is 12.1 Å². The highest BCUT2D eigenvalue weighted by Gasteiger charge is 2.09. The van der Waals surface area contributed by atoms with Crippen molar-refractivity contribution in [2.24, 2.45) is 0 Å². The van der Waals surface area contributed by atoms with Gasteiger partial charge in [0.05, 0.1) is 6.54 Å². The highest BCUT2D eigenvalue weighted by molar-refractivity contribution is 9.10. The fourth-order valence-electron chi connectivity index (χ4n) is 0.830. The van der Waals surface area contributed by atoms with Gasteiger partial charge in [-0.15, -0.1) is 0 Å². The lowest BCUT2D eigenvalue weighted by Gasteiger charge is -2.05. The van der Waals surface area contributed by atoms with Crippen molar-refractivity contribution in [1.82, 2.24) is 5.48 Å². The van der Waals surface area contributed by atoms with E-state index >= 15 is 0 Å². The van der Waals surface area contributed by atoms with Gasteiger partial charge >= 0.3 is 0 Å². The first-order valence-electron chi connectivity index (χ1n) is 3.19. The van der Waals surface area contributed by atoms with Gasteiger partial charge in [0.1, 0.15) is 0 Å². The Balaban J connectivity index is 3.14. The largest absolute Gasteiger partial charge is 0.505 e. The van der Waals surface area contributed by atoms with Gasteiger partial charge in [0.15, 0.2) is 11.6 Å². The third kappa shape index (κ3) is 1.74. The molecule has 0 spiro atoms. The Morgan fingerprint density at radius 1 is 1.50 bits per heavy atom. The van der Waals surface area contributed by atoms with E-state index < -0.39 is 11.6 Å². The third-order valence-corrected chi connectivity index (χ3v) is 2.18. The number of hydrogen-bond donors (Lipinski definition) is 3. The van der Waals surface area contributed by atoms with E-state index in [9.17, 15) is 4.39 Å². The first-order valence-corrected chi connectivity index (χ1v) is 3.99. The minimum atomic E-state index is -0.705. The van der Waals surface area contributed by atoms with Gasteiger partial charge in [-0.1, -0.05) is 15.9 Å². The second-order valence-corrected chi connectivity index (χ2v) is 3.05. The fourth-order valence-corrected chi connectivity index (χ4v) is 1.29. The molecule has 3 N–H and O–H groups in total. The number of benzene rings is 1. The molecule has 66 valence electrons. The first-order chi connectivity index (χ1) is 5.66. The summed E-state index contributed by atoms with van der Waals surface area (Å²) in [6.45, 7) is -0.00975. The molecule has 0 unspecified atom stereocenters. The van der Waals surface area contributed by atoms with E-state index in [1.165, 1.54) is 6.07 Å². The number of phenols is 1. The molecule has 0 aliphatic carbocycles. The highest BCUT2D eigenvalue weighted by Crippen LogP contribution is 2.28. The van der Waals surface area contributed by atoms with E-state index in [-0.39, 0.29) is 12.1 Å². The van der Waals surface area contributed by atoms with E-state index in [0.717, 1.165) is 6.07 Å². The van der Waals surface area contributed by atoms with Crippen LogP contribution in [0, 0.1) is 5.82 Å². The number of aromatic hydroxyl groups is 1. The summed E-state index contributed by atoms with van der Waals surface area (Å²) < 4.78 is 13.2. The van der Waals surface area contributed by atoms with Gasteiger partial charge < -0.3 is 10.3 Å². The lowest BCUT2D eigenvalue weighted by molar-refractivity contribution is 0.159. The van der Waals surface area contributed by atoms with Crippen LogP contribution in [-0.2, 0) is 6.54 Å². The van der Waals surface area contributed by atoms with E-state index in [0.29, 0.717) is 4.47 Å². The molecule has 0 saturated carbocycles. The second kappa shape index (κ2) is 3.84. The number of halogens is 2. The topological polar surface area (TPSA) is 52.5 Å². The quantitative estimate of drug-likeness (QED) is 0.686. The Morgan fingerprint density at radius 2 is 2.17 bits per heavy atom. The number of hydrogen-bond acceptors (Lipinski definition) is 3. The van der Waals surface area contributed by atoms with E-state index in [1.807, 2.05) is 5.48 Å². The smallest absolute Gasteiger partial charge is 0.165 e. The monoisotopic (exact) mass is 235 g/mol. The zero-order valence-electron chi connectivity index (χ0n) is 6.01. The Hall–Kier alpha value is -0.650. The van der Waals surface area contributed by atoms with Crippen molar-refractivity contribution in [3.05, 3.63) is 28.0 Å². The van der Waals surface area contributed by atoms with Crippen molar-refractivity contribution in [2.45, 2.75) is 6.54 Å². The van der Waals surface area contributed by atoms with Crippen LogP contribution in [0.5, 0.6) is 5.75 Å². The van der Waals surface area contributed by atoms with Crippen LogP contribution in [0.3, 0.4) is 0 Å². The molecule has 3 nitrogen and oxygen atoms in total. The molecule has 0 heterocycles. The van der Waals surface area contributed by atoms with Gasteiger partial charge in [0.25, 0.3) is 0 Å². The Kier molecular flexibility index (Phi) is 3.02. The number of rotatable bonds is 2. The molecule has 0 amide bonds. The molecule has 5 heteroatoms. The molecule has 0 bridgehead atoms. The zero-order valence-corrected chi connectivity index (χ0v) is 7.60. The Labute approximate surface area is 76.9 Å². The van der Waals surface area contributed by atoms with Crippen LogP contribution in [0.25, 0.3) is 0 Å². The lowest BCUT2D eigenvalue weighted by atomic mass is 10.2. The molecule has 0 radical (unpaired) electrons. The third-order valence-electron chi connectivity index (χ3n) is 1.43. The van der Waals surface area contributed by atoms with Gasteiger partial charge in [0.2, 0.25) is 0 Å². The van der Waals surface area contributed by atoms with Crippen molar-refractivity contribution < 1.29 is 14.7 Å². The molecule has 0 saturated heterocycles. The SMILES string of the molecule is ONCc1c(Br)ccc(F)c1O. The van der Waals surface area contributed by atoms with Crippen molar-refractivity contribution in [1.29, 1.82) is 0 Å². The maximum atomic E-state index is 12.7. The van der Waals surface area contributed by atoms with Crippen LogP contribution < -0.4 is 5.48 Å². The number of phenolic OH excluding ortho intramolecular Hbond substituents is 1. The summed E-state index contributed by atoms with van der Waals surface area (Å²) >= 11 is 3.10. The molecular formula is C7H7BrFNO2. The van der Waals surface area contributed by atoms with Crippen molar-refractivity contribution in [3.8, 4) is 5.75 Å². The molecule has 0 fully saturated rings. The van der Waals surface area contributed by atoms with Crippen molar-refractivity contribution >= 4 is 15.9 Å². The molecule has 0 aliphatic rings. The molecule has 12 heavy (non-hydrogen) atoms. The average molecular weight is 236 g/mol. The maximum absolute atomic E-state index is 12.7. The number of hydroxylamine groups is 1. The van der Waals surface area contributed by atoms with Gasteiger partial charge in [-0.3, -0.25) is 0 Å². The Morgan fingerprint density at radius 3 is 2.75 bits per heavy atom. The van der Waals surface area contributed by atoms with Crippen LogP contribution in [0.2, 0.25) is 0 Å². The summed E-state index contributed by atoms with van der Waals surface area (Å²) in [7, 11) is 0. The molecule has 0 atom stereocenters. The highest BCUT2D eigenvalue weighted by atomic mass is 79.9. The predicted octanol–water partition coefficient (Wildman–Crippen LogP) is 1.77. The van der Waals surface area contributed by atoms with E-state index in [1.54, 1.807) is 0 Å². The molecule has 0 aliphatic heterocycles. The number of nitrogens with one attached hydrogen (secondary N) is 1. The first kappa shape index (κ1) is 9.44. The summed E-state index contributed by atoms with van der Waals surface area (Å²) in [4.78, 5) is 0. The zero-order chi connectivity index (χ0) is 9.14. The van der Waals surface area contributed by atoms with Crippen LogP contribution in [0.15, 0.2) is 16.6 Å². The van der Waals surface area contributed by atoms with Gasteiger partial charge in [-0.25, -0.2) is 9.87 Å². The summed E-state index contributed by atoms with van der Waals surface area (Å²) in [5, 5.41) is 17.5. The van der Waals surface area contributed by atoms with Crippen LogP contribution in [-0.4, -0.2) is 10.3 Å². The second-order valence-electron chi connectivity index (χ2n) is 2.19.